The maximum absolute atomic E-state index is 12.5. The van der Waals surface area contributed by atoms with Crippen molar-refractivity contribution in [1.82, 2.24) is 9.88 Å². The number of pyridine rings is 1. The van der Waals surface area contributed by atoms with E-state index in [2.05, 4.69) is 4.98 Å². The number of carbonyl (C=O) groups excluding carboxylic acids is 1. The minimum absolute atomic E-state index is 0.0832. The van der Waals surface area contributed by atoms with E-state index in [-0.39, 0.29) is 11.8 Å². The molecule has 1 aromatic rings. The molecule has 0 aromatic carbocycles. The fourth-order valence-corrected chi connectivity index (χ4v) is 3.60. The number of hydrogen-bond acceptors (Lipinski definition) is 3. The zero-order valence-corrected chi connectivity index (χ0v) is 12.1. The summed E-state index contributed by atoms with van der Waals surface area (Å²) in [7, 11) is 0. The minimum atomic E-state index is -0.559. The maximum Gasteiger partial charge on any atom is 0.272 e. The van der Waals surface area contributed by atoms with Gasteiger partial charge in [0.2, 0.25) is 0 Å². The quantitative estimate of drug-likeness (QED) is 0.866. The van der Waals surface area contributed by atoms with Crippen LogP contribution in [0.1, 0.15) is 42.6 Å². The zero-order valence-electron chi connectivity index (χ0n) is 11.4. The van der Waals surface area contributed by atoms with Gasteiger partial charge in [-0.15, -0.1) is 0 Å². The van der Waals surface area contributed by atoms with Crippen LogP contribution in [0.2, 0.25) is 5.02 Å². The van der Waals surface area contributed by atoms with Crippen LogP contribution < -0.4 is 0 Å². The molecule has 20 heavy (non-hydrogen) atoms. The van der Waals surface area contributed by atoms with Crippen molar-refractivity contribution in [2.24, 2.45) is 5.92 Å². The average Bonchev–Trinajstić information content (AvgIpc) is 2.45. The Kier molecular flexibility index (Phi) is 3.69. The molecule has 0 radical (unpaired) electrons. The Balaban J connectivity index is 1.74. The third-order valence-electron chi connectivity index (χ3n) is 4.66. The van der Waals surface area contributed by atoms with Crippen molar-refractivity contribution in [3.63, 3.8) is 0 Å². The number of hydrogen-bond donors (Lipinski definition) is 1. The van der Waals surface area contributed by atoms with E-state index in [4.69, 9.17) is 11.6 Å². The minimum Gasteiger partial charge on any atom is -0.389 e. The highest BCUT2D eigenvalue weighted by atomic mass is 35.5. The van der Waals surface area contributed by atoms with E-state index < -0.39 is 5.60 Å². The second-order valence-corrected chi connectivity index (χ2v) is 6.34. The smallest absolute Gasteiger partial charge is 0.272 e. The van der Waals surface area contributed by atoms with Crippen molar-refractivity contribution < 1.29 is 9.90 Å². The molecule has 1 saturated heterocycles. The average molecular weight is 295 g/mol. The first-order valence-electron chi connectivity index (χ1n) is 7.22. The number of amides is 1. The lowest BCUT2D eigenvalue weighted by Gasteiger charge is -2.47. The Morgan fingerprint density at radius 2 is 2.30 bits per heavy atom. The van der Waals surface area contributed by atoms with Crippen molar-refractivity contribution in [2.45, 2.75) is 37.7 Å². The van der Waals surface area contributed by atoms with Gasteiger partial charge in [-0.3, -0.25) is 9.78 Å². The first-order valence-corrected chi connectivity index (χ1v) is 7.59. The molecule has 4 nitrogen and oxygen atoms in total. The molecule has 0 spiro atoms. The summed E-state index contributed by atoms with van der Waals surface area (Å²) in [4.78, 5) is 18.4. The number of aliphatic hydroxyl groups is 1. The first-order chi connectivity index (χ1) is 9.58. The van der Waals surface area contributed by atoms with Gasteiger partial charge in [0.25, 0.3) is 5.91 Å². The number of halogens is 1. The largest absolute Gasteiger partial charge is 0.389 e. The summed E-state index contributed by atoms with van der Waals surface area (Å²) in [5.74, 6) is 0.119. The van der Waals surface area contributed by atoms with Crippen molar-refractivity contribution in [3.05, 3.63) is 29.0 Å². The summed E-state index contributed by atoms with van der Waals surface area (Å²) in [5.41, 5.74) is -0.171. The molecule has 3 rings (SSSR count). The lowest BCUT2D eigenvalue weighted by Crippen LogP contribution is -2.54. The standard InChI is InChI=1S/C15H19ClN2O2/c16-12-4-7-17-13(9-12)14(19)18-8-6-15(20)5-2-1-3-11(15)10-18/h4,7,9,11,20H,1-3,5-6,8,10H2. The molecular formula is C15H19ClN2O2. The molecule has 2 fully saturated rings. The van der Waals surface area contributed by atoms with Gasteiger partial charge in [-0.1, -0.05) is 24.4 Å². The Labute approximate surface area is 123 Å². The number of nitrogens with zero attached hydrogens (tertiary/aromatic N) is 2. The summed E-state index contributed by atoms with van der Waals surface area (Å²) in [6, 6.07) is 3.26. The number of carbonyl (C=O) groups is 1. The molecular weight excluding hydrogens is 276 g/mol. The van der Waals surface area contributed by atoms with Crippen LogP contribution in [0.3, 0.4) is 0 Å². The predicted molar refractivity (Wildman–Crippen MR) is 76.7 cm³/mol. The Hall–Kier alpha value is -1.13. The highest BCUT2D eigenvalue weighted by molar-refractivity contribution is 6.30. The van der Waals surface area contributed by atoms with Gasteiger partial charge in [-0.25, -0.2) is 0 Å². The van der Waals surface area contributed by atoms with E-state index in [0.717, 1.165) is 25.7 Å². The summed E-state index contributed by atoms with van der Waals surface area (Å²) in [6.07, 6.45) is 6.33. The fraction of sp³-hybridized carbons (Fsp3) is 0.600. The first kappa shape index (κ1) is 13.8. The van der Waals surface area contributed by atoms with Crippen LogP contribution in [0, 0.1) is 5.92 Å². The Morgan fingerprint density at radius 1 is 1.45 bits per heavy atom. The monoisotopic (exact) mass is 294 g/mol. The van der Waals surface area contributed by atoms with Crippen LogP contribution in [0.15, 0.2) is 18.3 Å². The van der Waals surface area contributed by atoms with Crippen LogP contribution >= 0.6 is 11.6 Å². The van der Waals surface area contributed by atoms with Crippen molar-refractivity contribution >= 4 is 17.5 Å². The van der Waals surface area contributed by atoms with Crippen molar-refractivity contribution in [3.8, 4) is 0 Å². The van der Waals surface area contributed by atoms with Gasteiger partial charge in [0.05, 0.1) is 5.60 Å². The molecule has 2 unspecified atom stereocenters. The topological polar surface area (TPSA) is 53.4 Å². The van der Waals surface area contributed by atoms with Gasteiger partial charge in [-0.05, 0) is 31.4 Å². The van der Waals surface area contributed by atoms with Crippen LogP contribution in [0.25, 0.3) is 0 Å². The van der Waals surface area contributed by atoms with Gasteiger partial charge in [-0.2, -0.15) is 0 Å². The molecule has 2 aliphatic rings. The van der Waals surface area contributed by atoms with Gasteiger partial charge in [0, 0.05) is 30.2 Å². The van der Waals surface area contributed by atoms with Crippen LogP contribution in [-0.2, 0) is 0 Å². The second kappa shape index (κ2) is 5.34. The summed E-state index contributed by atoms with van der Waals surface area (Å²) < 4.78 is 0. The zero-order chi connectivity index (χ0) is 14.2. The predicted octanol–water partition coefficient (Wildman–Crippen LogP) is 2.50. The van der Waals surface area contributed by atoms with Gasteiger partial charge in [0.15, 0.2) is 0 Å². The molecule has 2 atom stereocenters. The van der Waals surface area contributed by atoms with Gasteiger partial charge < -0.3 is 10.0 Å². The number of likely N-dealkylation sites (tertiary alicyclic amines) is 1. The van der Waals surface area contributed by atoms with E-state index in [0.29, 0.717) is 30.2 Å². The second-order valence-electron chi connectivity index (χ2n) is 5.91. The molecule has 1 amide bonds. The molecule has 0 bridgehead atoms. The summed E-state index contributed by atoms with van der Waals surface area (Å²) >= 11 is 5.91. The normalized spacial score (nSPS) is 29.9. The highest BCUT2D eigenvalue weighted by Gasteiger charge is 2.43. The molecule has 108 valence electrons. The van der Waals surface area contributed by atoms with Crippen LogP contribution in [0.5, 0.6) is 0 Å². The van der Waals surface area contributed by atoms with Crippen molar-refractivity contribution in [2.75, 3.05) is 13.1 Å². The molecule has 2 heterocycles. The third-order valence-corrected chi connectivity index (χ3v) is 4.89. The lowest BCUT2D eigenvalue weighted by atomic mass is 9.71. The molecule has 1 aliphatic carbocycles. The lowest BCUT2D eigenvalue weighted by molar-refractivity contribution is -0.0886. The third kappa shape index (κ3) is 2.54. The number of aromatic nitrogens is 1. The summed E-state index contributed by atoms with van der Waals surface area (Å²) in [5, 5.41) is 11.2. The molecule has 1 aromatic heterocycles. The Morgan fingerprint density at radius 3 is 3.10 bits per heavy atom. The van der Waals surface area contributed by atoms with Crippen molar-refractivity contribution in [1.29, 1.82) is 0 Å². The molecule has 1 aliphatic heterocycles. The van der Waals surface area contributed by atoms with E-state index in [1.165, 1.54) is 0 Å². The molecule has 1 saturated carbocycles. The van der Waals surface area contributed by atoms with E-state index in [9.17, 15) is 9.90 Å². The van der Waals surface area contributed by atoms with Crippen LogP contribution in [-0.4, -0.2) is 39.6 Å². The van der Waals surface area contributed by atoms with Gasteiger partial charge in [0.1, 0.15) is 5.69 Å². The van der Waals surface area contributed by atoms with Gasteiger partial charge >= 0.3 is 0 Å². The number of rotatable bonds is 1. The van der Waals surface area contributed by atoms with E-state index in [1.807, 2.05) is 4.90 Å². The summed E-state index contributed by atoms with van der Waals surface area (Å²) in [6.45, 7) is 1.23. The number of piperidine rings is 1. The van der Waals surface area contributed by atoms with Crippen LogP contribution in [0.4, 0.5) is 0 Å². The molecule has 5 heteroatoms. The highest BCUT2D eigenvalue weighted by Crippen LogP contribution is 2.39. The van der Waals surface area contributed by atoms with E-state index in [1.54, 1.807) is 18.3 Å². The SMILES string of the molecule is O=C(c1cc(Cl)ccn1)N1CCC2(O)CCCCC2C1. The maximum atomic E-state index is 12.5. The fourth-order valence-electron chi connectivity index (χ4n) is 3.44. The van der Waals surface area contributed by atoms with E-state index >= 15 is 0 Å². The number of fused-ring (bicyclic) bond motifs is 1. The Bertz CT molecular complexity index is 522. The molecule has 1 N–H and O–H groups in total.